The first-order chi connectivity index (χ1) is 9.63. The van der Waals surface area contributed by atoms with Crippen LogP contribution in [-0.4, -0.2) is 6.61 Å². The second-order valence-electron chi connectivity index (χ2n) is 4.12. The SMILES string of the molecule is CCOc1ccc(Nc2ccc(C#N)c(N)c2)cc1F. The first kappa shape index (κ1) is 13.7. The van der Waals surface area contributed by atoms with E-state index in [9.17, 15) is 4.39 Å². The molecule has 0 aromatic heterocycles. The largest absolute Gasteiger partial charge is 0.491 e. The van der Waals surface area contributed by atoms with Gasteiger partial charge in [0.15, 0.2) is 11.6 Å². The zero-order chi connectivity index (χ0) is 14.5. The molecule has 20 heavy (non-hydrogen) atoms. The smallest absolute Gasteiger partial charge is 0.167 e. The Kier molecular flexibility index (Phi) is 4.06. The first-order valence-electron chi connectivity index (χ1n) is 6.13. The molecule has 0 aliphatic heterocycles. The molecule has 0 fully saturated rings. The highest BCUT2D eigenvalue weighted by molar-refractivity contribution is 5.68. The van der Waals surface area contributed by atoms with Gasteiger partial charge in [0.25, 0.3) is 0 Å². The van der Waals surface area contributed by atoms with Crippen LogP contribution in [0.25, 0.3) is 0 Å². The van der Waals surface area contributed by atoms with Crippen LogP contribution in [0.5, 0.6) is 5.75 Å². The molecule has 0 heterocycles. The van der Waals surface area contributed by atoms with E-state index in [1.165, 1.54) is 6.07 Å². The average molecular weight is 271 g/mol. The molecule has 2 aromatic rings. The molecule has 4 nitrogen and oxygen atoms in total. The van der Waals surface area contributed by atoms with Crippen molar-refractivity contribution < 1.29 is 9.13 Å². The first-order valence-corrected chi connectivity index (χ1v) is 6.13. The van der Waals surface area contributed by atoms with E-state index in [-0.39, 0.29) is 5.75 Å². The van der Waals surface area contributed by atoms with Gasteiger partial charge in [-0.3, -0.25) is 0 Å². The molecule has 0 spiro atoms. The van der Waals surface area contributed by atoms with E-state index < -0.39 is 5.82 Å². The number of nitrogens with one attached hydrogen (secondary N) is 1. The van der Waals surface area contributed by atoms with Crippen LogP contribution in [0, 0.1) is 17.1 Å². The van der Waals surface area contributed by atoms with E-state index in [2.05, 4.69) is 5.32 Å². The summed E-state index contributed by atoms with van der Waals surface area (Å²) in [4.78, 5) is 0. The maximum Gasteiger partial charge on any atom is 0.167 e. The second kappa shape index (κ2) is 5.93. The van der Waals surface area contributed by atoms with Gasteiger partial charge in [0.2, 0.25) is 0 Å². The minimum atomic E-state index is -0.432. The molecular formula is C15H14FN3O. The lowest BCUT2D eigenvalue weighted by atomic mass is 10.1. The van der Waals surface area contributed by atoms with E-state index in [1.807, 2.05) is 6.07 Å². The third kappa shape index (κ3) is 2.98. The molecule has 5 heteroatoms. The molecule has 0 saturated carbocycles. The van der Waals surface area contributed by atoms with Crippen molar-refractivity contribution in [1.82, 2.24) is 0 Å². The van der Waals surface area contributed by atoms with Gasteiger partial charge in [-0.25, -0.2) is 4.39 Å². The Balaban J connectivity index is 2.20. The van der Waals surface area contributed by atoms with Crippen molar-refractivity contribution in [2.24, 2.45) is 0 Å². The van der Waals surface area contributed by atoms with Crippen LogP contribution in [-0.2, 0) is 0 Å². The van der Waals surface area contributed by atoms with Gasteiger partial charge >= 0.3 is 0 Å². The van der Waals surface area contributed by atoms with Crippen molar-refractivity contribution in [3.05, 3.63) is 47.8 Å². The number of nitriles is 1. The van der Waals surface area contributed by atoms with E-state index in [1.54, 1.807) is 37.3 Å². The van der Waals surface area contributed by atoms with Crippen molar-refractivity contribution in [3.8, 4) is 11.8 Å². The van der Waals surface area contributed by atoms with E-state index >= 15 is 0 Å². The van der Waals surface area contributed by atoms with Crippen LogP contribution < -0.4 is 15.8 Å². The average Bonchev–Trinajstić information content (AvgIpc) is 2.42. The van der Waals surface area contributed by atoms with E-state index in [0.29, 0.717) is 29.2 Å². The van der Waals surface area contributed by atoms with Crippen molar-refractivity contribution in [2.45, 2.75) is 6.92 Å². The van der Waals surface area contributed by atoms with Crippen LogP contribution in [0.1, 0.15) is 12.5 Å². The Morgan fingerprint density at radius 1 is 1.25 bits per heavy atom. The molecule has 2 aromatic carbocycles. The highest BCUT2D eigenvalue weighted by Gasteiger charge is 2.05. The molecule has 0 amide bonds. The minimum absolute atomic E-state index is 0.220. The molecule has 0 radical (unpaired) electrons. The molecule has 0 saturated heterocycles. The van der Waals surface area contributed by atoms with Crippen molar-refractivity contribution >= 4 is 17.1 Å². The van der Waals surface area contributed by atoms with Crippen molar-refractivity contribution in [1.29, 1.82) is 5.26 Å². The predicted octanol–water partition coefficient (Wildman–Crippen LogP) is 3.42. The van der Waals surface area contributed by atoms with Crippen LogP contribution in [0.4, 0.5) is 21.5 Å². The number of anilines is 3. The number of halogens is 1. The van der Waals surface area contributed by atoms with Gasteiger partial charge in [0, 0.05) is 17.4 Å². The number of hydrogen-bond donors (Lipinski definition) is 2. The second-order valence-corrected chi connectivity index (χ2v) is 4.12. The van der Waals surface area contributed by atoms with Crippen LogP contribution in [0.15, 0.2) is 36.4 Å². The van der Waals surface area contributed by atoms with Crippen LogP contribution >= 0.6 is 0 Å². The highest BCUT2D eigenvalue weighted by atomic mass is 19.1. The van der Waals surface area contributed by atoms with Crippen LogP contribution in [0.2, 0.25) is 0 Å². The summed E-state index contributed by atoms with van der Waals surface area (Å²) in [5.41, 5.74) is 7.78. The molecule has 102 valence electrons. The summed E-state index contributed by atoms with van der Waals surface area (Å²) in [6.45, 7) is 2.21. The third-order valence-corrected chi connectivity index (χ3v) is 2.69. The Morgan fingerprint density at radius 2 is 1.95 bits per heavy atom. The fourth-order valence-electron chi connectivity index (χ4n) is 1.76. The van der Waals surface area contributed by atoms with Crippen molar-refractivity contribution in [3.63, 3.8) is 0 Å². The number of ether oxygens (including phenoxy) is 1. The quantitative estimate of drug-likeness (QED) is 0.836. The van der Waals surface area contributed by atoms with Gasteiger partial charge in [-0.2, -0.15) is 5.26 Å². The monoisotopic (exact) mass is 271 g/mol. The lowest BCUT2D eigenvalue weighted by Gasteiger charge is -2.10. The van der Waals surface area contributed by atoms with Gasteiger partial charge in [-0.1, -0.05) is 0 Å². The maximum absolute atomic E-state index is 13.7. The van der Waals surface area contributed by atoms with E-state index in [0.717, 1.165) is 0 Å². The standard InChI is InChI=1S/C15H14FN3O/c1-2-20-15-6-5-11(7-13(15)16)19-12-4-3-10(9-17)14(18)8-12/h3-8,19H,2,18H2,1H3. The van der Waals surface area contributed by atoms with Gasteiger partial charge in [-0.15, -0.1) is 0 Å². The number of nitrogens with two attached hydrogens (primary N) is 1. The molecule has 0 aliphatic rings. The third-order valence-electron chi connectivity index (χ3n) is 2.69. The summed E-state index contributed by atoms with van der Waals surface area (Å²) < 4.78 is 18.8. The Bertz CT molecular complexity index is 665. The van der Waals surface area contributed by atoms with Crippen LogP contribution in [0.3, 0.4) is 0 Å². The highest BCUT2D eigenvalue weighted by Crippen LogP contribution is 2.25. The summed E-state index contributed by atoms with van der Waals surface area (Å²) in [5, 5.41) is 11.8. The van der Waals surface area contributed by atoms with Gasteiger partial charge in [-0.05, 0) is 37.3 Å². The fraction of sp³-hybridized carbons (Fsp3) is 0.133. The molecule has 0 atom stereocenters. The summed E-state index contributed by atoms with van der Waals surface area (Å²) in [7, 11) is 0. The van der Waals surface area contributed by atoms with E-state index in [4.69, 9.17) is 15.7 Å². The van der Waals surface area contributed by atoms with Gasteiger partial charge in [0.05, 0.1) is 17.9 Å². The maximum atomic E-state index is 13.7. The number of nitrogens with zero attached hydrogens (tertiary/aromatic N) is 1. The molecule has 0 unspecified atom stereocenters. The number of benzene rings is 2. The Labute approximate surface area is 116 Å². The number of rotatable bonds is 4. The zero-order valence-corrected chi connectivity index (χ0v) is 11.0. The fourth-order valence-corrected chi connectivity index (χ4v) is 1.76. The lowest BCUT2D eigenvalue weighted by molar-refractivity contribution is 0.321. The zero-order valence-electron chi connectivity index (χ0n) is 11.0. The summed E-state index contributed by atoms with van der Waals surface area (Å²) in [6.07, 6.45) is 0. The number of nitrogen functional groups attached to an aromatic ring is 1. The molecule has 0 aliphatic carbocycles. The van der Waals surface area contributed by atoms with Gasteiger partial charge < -0.3 is 15.8 Å². The Hall–Kier alpha value is -2.74. The van der Waals surface area contributed by atoms with Gasteiger partial charge in [0.1, 0.15) is 6.07 Å². The summed E-state index contributed by atoms with van der Waals surface area (Å²) >= 11 is 0. The molecule has 3 N–H and O–H groups in total. The molecular weight excluding hydrogens is 257 g/mol. The lowest BCUT2D eigenvalue weighted by Crippen LogP contribution is -1.97. The summed E-state index contributed by atoms with van der Waals surface area (Å²) in [6, 6.07) is 11.6. The topological polar surface area (TPSA) is 71.1 Å². The minimum Gasteiger partial charge on any atom is -0.491 e. The normalized spacial score (nSPS) is 9.85. The summed E-state index contributed by atoms with van der Waals surface area (Å²) in [5.74, 6) is -0.212. The number of hydrogen-bond acceptors (Lipinski definition) is 4. The van der Waals surface area contributed by atoms with Crippen molar-refractivity contribution in [2.75, 3.05) is 17.7 Å². The molecule has 0 bridgehead atoms. The Morgan fingerprint density at radius 3 is 2.55 bits per heavy atom. The predicted molar refractivity (Wildman–Crippen MR) is 76.4 cm³/mol. The molecule has 2 rings (SSSR count).